The van der Waals surface area contributed by atoms with Crippen LogP contribution in [0.5, 0.6) is 0 Å². The smallest absolute Gasteiger partial charge is 0.193 e. The maximum Gasteiger partial charge on any atom is 0.193 e. The highest BCUT2D eigenvalue weighted by molar-refractivity contribution is 14.0. The molecule has 2 heterocycles. The van der Waals surface area contributed by atoms with Crippen molar-refractivity contribution in [2.24, 2.45) is 4.99 Å². The third-order valence-corrected chi connectivity index (χ3v) is 5.92. The molecule has 5 nitrogen and oxygen atoms in total. The van der Waals surface area contributed by atoms with Gasteiger partial charge in [0.25, 0.3) is 0 Å². The molecular formula is C20H30IN5S. The summed E-state index contributed by atoms with van der Waals surface area (Å²) >= 11 is 2.09. The molecule has 1 saturated heterocycles. The van der Waals surface area contributed by atoms with Crippen LogP contribution in [0.1, 0.15) is 25.8 Å². The Morgan fingerprint density at radius 1 is 1.30 bits per heavy atom. The molecule has 3 rings (SSSR count). The third kappa shape index (κ3) is 6.41. The van der Waals surface area contributed by atoms with Crippen LogP contribution in [0, 0.1) is 0 Å². The number of para-hydroxylation sites is 1. The number of aliphatic imine (C=N–C) groups is 1. The summed E-state index contributed by atoms with van der Waals surface area (Å²) in [5.74, 6) is 2.24. The Hall–Kier alpha value is -1.22. The Labute approximate surface area is 184 Å². The van der Waals surface area contributed by atoms with E-state index in [4.69, 9.17) is 4.99 Å². The van der Waals surface area contributed by atoms with E-state index in [0.717, 1.165) is 49.5 Å². The van der Waals surface area contributed by atoms with E-state index in [9.17, 15) is 0 Å². The summed E-state index contributed by atoms with van der Waals surface area (Å²) in [5.41, 5.74) is 2.31. The van der Waals surface area contributed by atoms with Crippen LogP contribution >= 0.6 is 35.7 Å². The minimum Gasteiger partial charge on any atom is -0.357 e. The molecule has 0 aliphatic carbocycles. The number of nitrogens with one attached hydrogen (secondary N) is 1. The van der Waals surface area contributed by atoms with Gasteiger partial charge in [0.2, 0.25) is 0 Å². The van der Waals surface area contributed by atoms with Gasteiger partial charge in [0.05, 0.1) is 11.9 Å². The maximum absolute atomic E-state index is 4.87. The lowest BCUT2D eigenvalue weighted by molar-refractivity contribution is 0.408. The molecule has 2 aromatic rings. The second-order valence-electron chi connectivity index (χ2n) is 6.46. The zero-order valence-corrected chi connectivity index (χ0v) is 19.3. The Kier molecular flexibility index (Phi) is 9.47. The predicted molar refractivity (Wildman–Crippen MR) is 127 cm³/mol. The summed E-state index contributed by atoms with van der Waals surface area (Å²) in [4.78, 5) is 7.29. The van der Waals surface area contributed by atoms with E-state index < -0.39 is 0 Å². The first-order valence-electron chi connectivity index (χ1n) is 9.54. The number of thioether (sulfide) groups is 1. The minimum absolute atomic E-state index is 0. The summed E-state index contributed by atoms with van der Waals surface area (Å²) in [6.07, 6.45) is 6.17. The number of rotatable bonds is 6. The molecular weight excluding hydrogens is 469 g/mol. The van der Waals surface area contributed by atoms with Crippen molar-refractivity contribution in [2.75, 3.05) is 31.9 Å². The van der Waals surface area contributed by atoms with Gasteiger partial charge in [-0.2, -0.15) is 16.9 Å². The van der Waals surface area contributed by atoms with Crippen molar-refractivity contribution in [3.05, 3.63) is 48.3 Å². The van der Waals surface area contributed by atoms with E-state index in [1.165, 1.54) is 17.7 Å². The number of benzene rings is 1. The number of hydrogen-bond acceptors (Lipinski definition) is 3. The molecule has 0 bridgehead atoms. The van der Waals surface area contributed by atoms with Crippen LogP contribution in [0.4, 0.5) is 0 Å². The van der Waals surface area contributed by atoms with E-state index in [-0.39, 0.29) is 24.0 Å². The van der Waals surface area contributed by atoms with Crippen molar-refractivity contribution in [2.45, 2.75) is 31.9 Å². The van der Waals surface area contributed by atoms with Gasteiger partial charge in [-0.3, -0.25) is 4.99 Å². The van der Waals surface area contributed by atoms with Gasteiger partial charge in [-0.1, -0.05) is 25.1 Å². The largest absolute Gasteiger partial charge is 0.357 e. The van der Waals surface area contributed by atoms with Crippen molar-refractivity contribution >= 4 is 41.7 Å². The van der Waals surface area contributed by atoms with Crippen LogP contribution in [-0.4, -0.2) is 57.8 Å². The SMILES string of the molecule is CCNC(=NCCc1cnn(-c2ccccc2)c1)N1CCSC(CC)C1.I. The molecule has 0 spiro atoms. The number of guanidine groups is 1. The van der Waals surface area contributed by atoms with Crippen molar-refractivity contribution < 1.29 is 0 Å². The zero-order chi connectivity index (χ0) is 18.2. The first kappa shape index (κ1) is 22.1. The highest BCUT2D eigenvalue weighted by Crippen LogP contribution is 2.21. The Morgan fingerprint density at radius 2 is 2.11 bits per heavy atom. The van der Waals surface area contributed by atoms with Gasteiger partial charge in [0.1, 0.15) is 0 Å². The van der Waals surface area contributed by atoms with Crippen LogP contribution in [0.3, 0.4) is 0 Å². The van der Waals surface area contributed by atoms with Crippen molar-refractivity contribution in [1.82, 2.24) is 20.0 Å². The Morgan fingerprint density at radius 3 is 2.85 bits per heavy atom. The van der Waals surface area contributed by atoms with E-state index >= 15 is 0 Å². The number of aromatic nitrogens is 2. The van der Waals surface area contributed by atoms with E-state index in [2.05, 4.69) is 59.3 Å². The summed E-state index contributed by atoms with van der Waals surface area (Å²) in [6.45, 7) is 8.28. The summed E-state index contributed by atoms with van der Waals surface area (Å²) < 4.78 is 1.93. The zero-order valence-electron chi connectivity index (χ0n) is 16.2. The van der Waals surface area contributed by atoms with Gasteiger partial charge < -0.3 is 10.2 Å². The second-order valence-corrected chi connectivity index (χ2v) is 7.87. The monoisotopic (exact) mass is 499 g/mol. The minimum atomic E-state index is 0. The maximum atomic E-state index is 4.87. The summed E-state index contributed by atoms with van der Waals surface area (Å²) in [6, 6.07) is 10.2. The highest BCUT2D eigenvalue weighted by atomic mass is 127. The molecule has 1 unspecified atom stereocenters. The van der Waals surface area contributed by atoms with E-state index in [1.807, 2.05) is 29.1 Å². The molecule has 1 aromatic heterocycles. The third-order valence-electron chi connectivity index (χ3n) is 4.55. The number of nitrogens with zero attached hydrogens (tertiary/aromatic N) is 4. The lowest BCUT2D eigenvalue weighted by atomic mass is 10.2. The molecule has 1 N–H and O–H groups in total. The normalized spacial score (nSPS) is 17.5. The van der Waals surface area contributed by atoms with E-state index in [1.54, 1.807) is 0 Å². The number of halogens is 1. The van der Waals surface area contributed by atoms with E-state index in [0.29, 0.717) is 0 Å². The van der Waals surface area contributed by atoms with Crippen molar-refractivity contribution in [1.29, 1.82) is 0 Å². The first-order valence-corrected chi connectivity index (χ1v) is 10.6. The van der Waals surface area contributed by atoms with Crippen molar-refractivity contribution in [3.63, 3.8) is 0 Å². The standard InChI is InChI=1S/C20H29N5S.HI/c1-3-19-16-24(12-13-26-19)20(21-4-2)22-11-10-17-14-23-25(15-17)18-8-6-5-7-9-18;/h5-9,14-15,19H,3-4,10-13,16H2,1-2H3,(H,21,22);1H. The topological polar surface area (TPSA) is 45.5 Å². The fourth-order valence-corrected chi connectivity index (χ4v) is 4.27. The average Bonchev–Trinajstić information content (AvgIpc) is 3.17. The van der Waals surface area contributed by atoms with Gasteiger partial charge in [0.15, 0.2) is 5.96 Å². The summed E-state index contributed by atoms with van der Waals surface area (Å²) in [5, 5.41) is 8.65. The van der Waals surface area contributed by atoms with Crippen LogP contribution in [0.25, 0.3) is 5.69 Å². The molecule has 1 aliphatic heterocycles. The Bertz CT molecular complexity index is 703. The molecule has 0 saturated carbocycles. The van der Waals surface area contributed by atoms with Gasteiger partial charge in [-0.05, 0) is 37.5 Å². The Balaban J connectivity index is 0.00000261. The fourth-order valence-electron chi connectivity index (χ4n) is 3.09. The van der Waals surface area contributed by atoms with Crippen LogP contribution in [0.15, 0.2) is 47.7 Å². The quantitative estimate of drug-likeness (QED) is 0.373. The van der Waals surface area contributed by atoms with Crippen molar-refractivity contribution in [3.8, 4) is 5.69 Å². The predicted octanol–water partition coefficient (Wildman–Crippen LogP) is 3.83. The molecule has 1 fully saturated rings. The van der Waals surface area contributed by atoms with Gasteiger partial charge >= 0.3 is 0 Å². The molecule has 1 aromatic carbocycles. The molecule has 0 amide bonds. The molecule has 0 radical (unpaired) electrons. The summed E-state index contributed by atoms with van der Waals surface area (Å²) in [7, 11) is 0. The van der Waals surface area contributed by atoms with Crippen LogP contribution in [0.2, 0.25) is 0 Å². The second kappa shape index (κ2) is 11.6. The van der Waals surface area contributed by atoms with Gasteiger partial charge in [0, 0.05) is 43.4 Å². The van der Waals surface area contributed by atoms with Crippen LogP contribution < -0.4 is 5.32 Å². The molecule has 148 valence electrons. The van der Waals surface area contributed by atoms with Gasteiger partial charge in [-0.15, -0.1) is 24.0 Å². The lowest BCUT2D eigenvalue weighted by Gasteiger charge is -2.34. The number of hydrogen-bond donors (Lipinski definition) is 1. The van der Waals surface area contributed by atoms with Gasteiger partial charge in [-0.25, -0.2) is 4.68 Å². The first-order chi connectivity index (χ1) is 12.8. The lowest BCUT2D eigenvalue weighted by Crippen LogP contribution is -2.48. The van der Waals surface area contributed by atoms with Crippen LogP contribution in [-0.2, 0) is 6.42 Å². The molecule has 7 heteroatoms. The molecule has 1 atom stereocenters. The highest BCUT2D eigenvalue weighted by Gasteiger charge is 2.21. The molecule has 1 aliphatic rings. The molecule has 27 heavy (non-hydrogen) atoms. The fraction of sp³-hybridized carbons (Fsp3) is 0.500. The average molecular weight is 499 g/mol.